The summed E-state index contributed by atoms with van der Waals surface area (Å²) in [5.74, 6) is 0.219. The summed E-state index contributed by atoms with van der Waals surface area (Å²) in [6.45, 7) is 0. The number of imidazole rings is 1. The molecule has 0 aliphatic carbocycles. The molecular weight excluding hydrogens is 248 g/mol. The van der Waals surface area contributed by atoms with E-state index in [1.54, 1.807) is 0 Å². The maximum absolute atomic E-state index is 10.5. The first-order valence-electron chi connectivity index (χ1n) is 5.67. The fourth-order valence-electron chi connectivity index (χ4n) is 1.80. The third-order valence-electron chi connectivity index (χ3n) is 2.58. The van der Waals surface area contributed by atoms with E-state index in [0.717, 1.165) is 11.0 Å². The molecule has 0 aliphatic heterocycles. The van der Waals surface area contributed by atoms with Gasteiger partial charge in [0.05, 0.1) is 17.5 Å². The van der Waals surface area contributed by atoms with Gasteiger partial charge in [0.15, 0.2) is 5.82 Å². The highest BCUT2D eigenvalue weighted by Crippen LogP contribution is 2.12. The molecule has 0 saturated heterocycles. The van der Waals surface area contributed by atoms with Crippen LogP contribution in [0.1, 0.15) is 17.5 Å². The Morgan fingerprint density at radius 1 is 1.32 bits per heavy atom. The van der Waals surface area contributed by atoms with E-state index in [4.69, 9.17) is 9.63 Å². The smallest absolute Gasteiger partial charge is 0.312 e. The van der Waals surface area contributed by atoms with Crippen LogP contribution in [0, 0.1) is 0 Å². The number of fused-ring (bicyclic) bond motifs is 1. The summed E-state index contributed by atoms with van der Waals surface area (Å²) in [6, 6.07) is 7.66. The van der Waals surface area contributed by atoms with E-state index in [1.807, 2.05) is 24.3 Å². The molecule has 2 N–H and O–H groups in total. The zero-order valence-corrected chi connectivity index (χ0v) is 9.83. The molecule has 0 atom stereocenters. The van der Waals surface area contributed by atoms with E-state index in [9.17, 15) is 4.79 Å². The Morgan fingerprint density at radius 3 is 2.95 bits per heavy atom. The lowest BCUT2D eigenvalue weighted by atomic mass is 10.3. The van der Waals surface area contributed by atoms with Gasteiger partial charge in [0, 0.05) is 0 Å². The van der Waals surface area contributed by atoms with Gasteiger partial charge in [-0.15, -0.1) is 0 Å². The highest BCUT2D eigenvalue weighted by atomic mass is 16.5. The van der Waals surface area contributed by atoms with Crippen LogP contribution in [0.15, 0.2) is 28.8 Å². The van der Waals surface area contributed by atoms with Crippen LogP contribution in [0.3, 0.4) is 0 Å². The number of hydrogen-bond donors (Lipinski definition) is 2. The second-order valence-corrected chi connectivity index (χ2v) is 4.05. The number of nitrogens with one attached hydrogen (secondary N) is 1. The quantitative estimate of drug-likeness (QED) is 0.727. The van der Waals surface area contributed by atoms with Crippen LogP contribution in [0.5, 0.6) is 0 Å². The van der Waals surface area contributed by atoms with Crippen LogP contribution >= 0.6 is 0 Å². The van der Waals surface area contributed by atoms with Crippen molar-refractivity contribution in [1.82, 2.24) is 20.1 Å². The van der Waals surface area contributed by atoms with Crippen molar-refractivity contribution in [1.29, 1.82) is 0 Å². The Kier molecular flexibility index (Phi) is 2.71. The number of H-pyrrole nitrogens is 1. The number of aliphatic carboxylic acids is 1. The van der Waals surface area contributed by atoms with E-state index in [-0.39, 0.29) is 12.3 Å². The number of rotatable bonds is 4. The van der Waals surface area contributed by atoms with Crippen molar-refractivity contribution in [2.45, 2.75) is 12.8 Å². The first kappa shape index (κ1) is 11.4. The predicted molar refractivity (Wildman–Crippen MR) is 64.5 cm³/mol. The third kappa shape index (κ3) is 2.44. The van der Waals surface area contributed by atoms with Crippen LogP contribution in [0.4, 0.5) is 0 Å². The highest BCUT2D eigenvalue weighted by molar-refractivity contribution is 5.74. The average Bonchev–Trinajstić information content (AvgIpc) is 2.94. The lowest BCUT2D eigenvalue weighted by Crippen LogP contribution is -2.00. The largest absolute Gasteiger partial charge is 0.481 e. The summed E-state index contributed by atoms with van der Waals surface area (Å²) in [5.41, 5.74) is 1.80. The lowest BCUT2D eigenvalue weighted by Gasteiger charge is -1.87. The summed E-state index contributed by atoms with van der Waals surface area (Å²) in [7, 11) is 0. The number of para-hydroxylation sites is 2. The van der Waals surface area contributed by atoms with E-state index < -0.39 is 5.97 Å². The standard InChI is InChI=1S/C12H10N4O3/c17-12(18)6-11-15-10(16-19-11)5-9-13-7-3-1-2-4-8(7)14-9/h1-4H,5-6H2,(H,13,14)(H,17,18). The summed E-state index contributed by atoms with van der Waals surface area (Å²) in [6.07, 6.45) is 0.102. The van der Waals surface area contributed by atoms with Crippen LogP contribution in [-0.2, 0) is 17.6 Å². The van der Waals surface area contributed by atoms with Gasteiger partial charge in [-0.05, 0) is 12.1 Å². The number of nitrogens with zero attached hydrogens (tertiary/aromatic N) is 3. The van der Waals surface area contributed by atoms with Crippen molar-refractivity contribution in [2.75, 3.05) is 0 Å². The Labute approximate surface area is 107 Å². The van der Waals surface area contributed by atoms with Crippen molar-refractivity contribution in [3.63, 3.8) is 0 Å². The van der Waals surface area contributed by atoms with Gasteiger partial charge in [0.2, 0.25) is 5.89 Å². The minimum Gasteiger partial charge on any atom is -0.481 e. The van der Waals surface area contributed by atoms with Gasteiger partial charge >= 0.3 is 5.97 Å². The molecule has 0 fully saturated rings. The Hall–Kier alpha value is -2.70. The maximum atomic E-state index is 10.5. The molecule has 0 bridgehead atoms. The molecular formula is C12H10N4O3. The molecule has 2 heterocycles. The fourth-order valence-corrected chi connectivity index (χ4v) is 1.80. The normalized spacial score (nSPS) is 10.9. The van der Waals surface area contributed by atoms with Gasteiger partial charge in [0.25, 0.3) is 0 Å². The molecule has 3 rings (SSSR count). The van der Waals surface area contributed by atoms with Gasteiger partial charge in [-0.2, -0.15) is 4.98 Å². The maximum Gasteiger partial charge on any atom is 0.312 e. The lowest BCUT2D eigenvalue weighted by molar-refractivity contribution is -0.136. The van der Waals surface area contributed by atoms with Gasteiger partial charge in [-0.3, -0.25) is 4.79 Å². The molecule has 7 nitrogen and oxygen atoms in total. The number of hydrogen-bond acceptors (Lipinski definition) is 5. The molecule has 0 aliphatic rings. The van der Waals surface area contributed by atoms with Gasteiger partial charge < -0.3 is 14.6 Å². The number of benzene rings is 1. The average molecular weight is 258 g/mol. The van der Waals surface area contributed by atoms with E-state index in [1.165, 1.54) is 0 Å². The highest BCUT2D eigenvalue weighted by Gasteiger charge is 2.12. The SMILES string of the molecule is O=C(O)Cc1nc(Cc2nc3ccccc3[nH]2)no1. The summed E-state index contributed by atoms with van der Waals surface area (Å²) < 4.78 is 4.84. The number of carboxylic acid groups (broad SMARTS) is 1. The first-order valence-corrected chi connectivity index (χ1v) is 5.67. The topological polar surface area (TPSA) is 105 Å². The Bertz CT molecular complexity index is 698. The molecule has 0 saturated carbocycles. The van der Waals surface area contributed by atoms with Crippen molar-refractivity contribution in [3.8, 4) is 0 Å². The first-order chi connectivity index (χ1) is 9.20. The van der Waals surface area contributed by atoms with Crippen molar-refractivity contribution >= 4 is 17.0 Å². The minimum atomic E-state index is -1.00. The molecule has 0 radical (unpaired) electrons. The van der Waals surface area contributed by atoms with Crippen LogP contribution in [0.2, 0.25) is 0 Å². The zero-order valence-electron chi connectivity index (χ0n) is 9.83. The molecule has 0 amide bonds. The molecule has 7 heteroatoms. The minimum absolute atomic E-state index is 0.0959. The Balaban J connectivity index is 1.80. The number of aromatic amines is 1. The number of carboxylic acids is 1. The van der Waals surface area contributed by atoms with E-state index in [2.05, 4.69) is 20.1 Å². The molecule has 2 aromatic heterocycles. The monoisotopic (exact) mass is 258 g/mol. The van der Waals surface area contributed by atoms with E-state index >= 15 is 0 Å². The van der Waals surface area contributed by atoms with Gasteiger partial charge in [-0.1, -0.05) is 17.3 Å². The van der Waals surface area contributed by atoms with Crippen molar-refractivity contribution < 1.29 is 14.4 Å². The Morgan fingerprint density at radius 2 is 2.16 bits per heavy atom. The van der Waals surface area contributed by atoms with Crippen LogP contribution < -0.4 is 0 Å². The third-order valence-corrected chi connectivity index (χ3v) is 2.58. The second-order valence-electron chi connectivity index (χ2n) is 4.05. The molecule has 96 valence electrons. The molecule has 0 unspecified atom stereocenters. The number of carbonyl (C=O) groups is 1. The predicted octanol–water partition coefficient (Wildman–Crippen LogP) is 1.16. The van der Waals surface area contributed by atoms with Gasteiger partial charge in [-0.25, -0.2) is 4.98 Å². The molecule has 3 aromatic rings. The van der Waals surface area contributed by atoms with Crippen LogP contribution in [0.25, 0.3) is 11.0 Å². The number of aromatic nitrogens is 4. The van der Waals surface area contributed by atoms with Crippen LogP contribution in [-0.4, -0.2) is 31.2 Å². The van der Waals surface area contributed by atoms with E-state index in [0.29, 0.717) is 18.1 Å². The molecule has 1 aromatic carbocycles. The summed E-state index contributed by atoms with van der Waals surface area (Å²) >= 11 is 0. The fraction of sp³-hybridized carbons (Fsp3) is 0.167. The zero-order chi connectivity index (χ0) is 13.2. The summed E-state index contributed by atoms with van der Waals surface area (Å²) in [4.78, 5) is 22.0. The van der Waals surface area contributed by atoms with Crippen molar-refractivity contribution in [3.05, 3.63) is 41.8 Å². The van der Waals surface area contributed by atoms with Gasteiger partial charge in [0.1, 0.15) is 12.2 Å². The second kappa shape index (κ2) is 4.52. The molecule has 0 spiro atoms. The molecule has 19 heavy (non-hydrogen) atoms. The van der Waals surface area contributed by atoms with Crippen molar-refractivity contribution in [2.24, 2.45) is 0 Å². The summed E-state index contributed by atoms with van der Waals surface area (Å²) in [5, 5.41) is 12.3.